The quantitative estimate of drug-likeness (QED) is 0.884. The molecule has 0 fully saturated rings. The Morgan fingerprint density at radius 2 is 1.63 bits per heavy atom. The lowest BCUT2D eigenvalue weighted by Crippen LogP contribution is -2.12. The zero-order chi connectivity index (χ0) is 13.7. The zero-order valence-electron chi connectivity index (χ0n) is 10.6. The van der Waals surface area contributed by atoms with Crippen molar-refractivity contribution in [2.45, 2.75) is 12.8 Å². The van der Waals surface area contributed by atoms with Crippen LogP contribution in [-0.2, 0) is 12.8 Å². The number of aromatic hydroxyl groups is 1. The van der Waals surface area contributed by atoms with Crippen molar-refractivity contribution in [3.8, 4) is 5.75 Å². The number of rotatable bonds is 5. The van der Waals surface area contributed by atoms with Gasteiger partial charge in [-0.25, -0.2) is 0 Å². The molecule has 2 aromatic rings. The van der Waals surface area contributed by atoms with Crippen LogP contribution >= 0.6 is 15.9 Å². The van der Waals surface area contributed by atoms with E-state index in [1.54, 1.807) is 12.1 Å². The van der Waals surface area contributed by atoms with E-state index in [1.165, 1.54) is 5.56 Å². The zero-order valence-corrected chi connectivity index (χ0v) is 12.2. The van der Waals surface area contributed by atoms with Gasteiger partial charge in [-0.2, -0.15) is 0 Å². The summed E-state index contributed by atoms with van der Waals surface area (Å²) in [6, 6.07) is 15.4. The molecule has 0 amide bonds. The molecular weight excluding hydrogens is 304 g/mol. The van der Waals surface area contributed by atoms with Crippen LogP contribution in [0.1, 0.15) is 11.1 Å². The third-order valence-corrected chi connectivity index (χ3v) is 3.66. The highest BCUT2D eigenvalue weighted by Crippen LogP contribution is 2.19. The maximum Gasteiger partial charge on any atom is 0.115 e. The maximum absolute atomic E-state index is 9.50. The van der Waals surface area contributed by atoms with Crippen LogP contribution in [0.15, 0.2) is 53.0 Å². The summed E-state index contributed by atoms with van der Waals surface area (Å²) in [5, 5.41) is 19.0. The molecule has 0 bridgehead atoms. The van der Waals surface area contributed by atoms with Gasteiger partial charge in [0.25, 0.3) is 0 Å². The van der Waals surface area contributed by atoms with Crippen molar-refractivity contribution in [1.82, 2.24) is 0 Å². The second-order valence-corrected chi connectivity index (χ2v) is 5.67. The smallest absolute Gasteiger partial charge is 0.115 e. The van der Waals surface area contributed by atoms with Crippen LogP contribution in [0.4, 0.5) is 0 Å². The van der Waals surface area contributed by atoms with E-state index >= 15 is 0 Å². The molecule has 2 aromatic carbocycles. The summed E-state index contributed by atoms with van der Waals surface area (Å²) in [5.41, 5.74) is 2.26. The first-order chi connectivity index (χ1) is 9.17. The molecule has 100 valence electrons. The molecule has 2 nitrogen and oxygen atoms in total. The molecule has 0 saturated carbocycles. The van der Waals surface area contributed by atoms with Crippen molar-refractivity contribution in [2.24, 2.45) is 5.92 Å². The van der Waals surface area contributed by atoms with Crippen molar-refractivity contribution in [3.05, 3.63) is 64.1 Å². The second-order valence-electron chi connectivity index (χ2n) is 4.75. The largest absolute Gasteiger partial charge is 0.508 e. The third kappa shape index (κ3) is 4.37. The molecule has 0 aromatic heterocycles. The highest BCUT2D eigenvalue weighted by atomic mass is 79.9. The van der Waals surface area contributed by atoms with Gasteiger partial charge in [-0.05, 0) is 54.2 Å². The molecule has 3 heteroatoms. The SMILES string of the molecule is OCC(Cc1ccc(Br)cc1)Cc1cccc(O)c1. The molecule has 19 heavy (non-hydrogen) atoms. The summed E-state index contributed by atoms with van der Waals surface area (Å²) < 4.78 is 1.06. The Labute approximate surface area is 121 Å². The lowest BCUT2D eigenvalue weighted by Gasteiger charge is -2.14. The van der Waals surface area contributed by atoms with Crippen molar-refractivity contribution in [1.29, 1.82) is 0 Å². The molecule has 0 radical (unpaired) electrons. The highest BCUT2D eigenvalue weighted by molar-refractivity contribution is 9.10. The highest BCUT2D eigenvalue weighted by Gasteiger charge is 2.10. The minimum absolute atomic E-state index is 0.145. The predicted octanol–water partition coefficient (Wildman–Crippen LogP) is 3.55. The van der Waals surface area contributed by atoms with Gasteiger partial charge in [0, 0.05) is 11.1 Å². The second kappa shape index (κ2) is 6.73. The number of hydrogen-bond acceptors (Lipinski definition) is 2. The summed E-state index contributed by atoms with van der Waals surface area (Å²) in [4.78, 5) is 0. The molecular formula is C16H17BrO2. The molecule has 1 atom stereocenters. The molecule has 0 aliphatic rings. The first kappa shape index (κ1) is 14.1. The molecule has 1 unspecified atom stereocenters. The molecule has 0 spiro atoms. The fourth-order valence-corrected chi connectivity index (χ4v) is 2.44. The number of aliphatic hydroxyl groups excluding tert-OH is 1. The monoisotopic (exact) mass is 320 g/mol. The van der Waals surface area contributed by atoms with Crippen LogP contribution in [0.5, 0.6) is 5.75 Å². The maximum atomic E-state index is 9.50. The number of phenolic OH excluding ortho intramolecular Hbond substituents is 1. The van der Waals surface area contributed by atoms with Gasteiger partial charge in [0.15, 0.2) is 0 Å². The van der Waals surface area contributed by atoms with Gasteiger partial charge in [0.05, 0.1) is 0 Å². The van der Waals surface area contributed by atoms with Crippen molar-refractivity contribution in [3.63, 3.8) is 0 Å². The predicted molar refractivity (Wildman–Crippen MR) is 80.2 cm³/mol. The number of benzene rings is 2. The van der Waals surface area contributed by atoms with E-state index in [4.69, 9.17) is 0 Å². The molecule has 2 rings (SSSR count). The average molecular weight is 321 g/mol. The number of halogens is 1. The van der Waals surface area contributed by atoms with E-state index in [1.807, 2.05) is 24.3 Å². The first-order valence-corrected chi connectivity index (χ1v) is 7.10. The number of aliphatic hydroxyl groups is 1. The average Bonchev–Trinajstić information content (AvgIpc) is 2.40. The lowest BCUT2D eigenvalue weighted by molar-refractivity contribution is 0.225. The minimum atomic E-state index is 0.145. The van der Waals surface area contributed by atoms with Crippen LogP contribution in [-0.4, -0.2) is 16.8 Å². The number of phenols is 1. The summed E-state index contributed by atoms with van der Waals surface area (Å²) in [5.74, 6) is 0.445. The van der Waals surface area contributed by atoms with Crippen molar-refractivity contribution in [2.75, 3.05) is 6.61 Å². The van der Waals surface area contributed by atoms with E-state index in [9.17, 15) is 10.2 Å². The van der Waals surface area contributed by atoms with Gasteiger partial charge in [0.2, 0.25) is 0 Å². The van der Waals surface area contributed by atoms with Crippen LogP contribution in [0.3, 0.4) is 0 Å². The summed E-state index contributed by atoms with van der Waals surface area (Å²) in [7, 11) is 0. The number of hydrogen-bond donors (Lipinski definition) is 2. The molecule has 0 heterocycles. The Balaban J connectivity index is 2.02. The fraction of sp³-hybridized carbons (Fsp3) is 0.250. The third-order valence-electron chi connectivity index (χ3n) is 3.13. The Bertz CT molecular complexity index is 523. The summed E-state index contributed by atoms with van der Waals surface area (Å²) in [6.45, 7) is 0.145. The molecule has 0 saturated heterocycles. The molecule has 0 aliphatic carbocycles. The normalized spacial score (nSPS) is 12.3. The van der Waals surface area contributed by atoms with Crippen LogP contribution in [0.25, 0.3) is 0 Å². The Hall–Kier alpha value is -1.32. The van der Waals surface area contributed by atoms with Gasteiger partial charge >= 0.3 is 0 Å². The fourth-order valence-electron chi connectivity index (χ4n) is 2.17. The first-order valence-electron chi connectivity index (χ1n) is 6.30. The Morgan fingerprint density at radius 3 is 2.26 bits per heavy atom. The van der Waals surface area contributed by atoms with Crippen LogP contribution < -0.4 is 0 Å². The summed E-state index contributed by atoms with van der Waals surface area (Å²) >= 11 is 3.41. The van der Waals surface area contributed by atoms with Gasteiger partial charge in [0.1, 0.15) is 5.75 Å². The van der Waals surface area contributed by atoms with Gasteiger partial charge in [-0.3, -0.25) is 0 Å². The van der Waals surface area contributed by atoms with Gasteiger partial charge in [-0.15, -0.1) is 0 Å². The molecule has 2 N–H and O–H groups in total. The van der Waals surface area contributed by atoms with E-state index in [2.05, 4.69) is 28.1 Å². The Morgan fingerprint density at radius 1 is 0.947 bits per heavy atom. The topological polar surface area (TPSA) is 40.5 Å². The van der Waals surface area contributed by atoms with E-state index in [0.717, 1.165) is 22.9 Å². The minimum Gasteiger partial charge on any atom is -0.508 e. The Kier molecular flexibility index (Phi) is 5.00. The van der Waals surface area contributed by atoms with Crippen molar-refractivity contribution < 1.29 is 10.2 Å². The van der Waals surface area contributed by atoms with E-state index in [-0.39, 0.29) is 18.3 Å². The van der Waals surface area contributed by atoms with Crippen LogP contribution in [0, 0.1) is 5.92 Å². The van der Waals surface area contributed by atoms with E-state index < -0.39 is 0 Å². The molecule has 0 aliphatic heterocycles. The summed E-state index contributed by atoms with van der Waals surface area (Å²) in [6.07, 6.45) is 1.60. The van der Waals surface area contributed by atoms with Crippen molar-refractivity contribution >= 4 is 15.9 Å². The standard InChI is InChI=1S/C16H17BrO2/c17-15-6-4-12(5-7-15)8-14(11-18)9-13-2-1-3-16(19)10-13/h1-7,10,14,18-19H,8-9,11H2. The van der Waals surface area contributed by atoms with E-state index in [0.29, 0.717) is 0 Å². The van der Waals surface area contributed by atoms with Gasteiger partial charge < -0.3 is 10.2 Å². The lowest BCUT2D eigenvalue weighted by atomic mass is 9.93. The van der Waals surface area contributed by atoms with Gasteiger partial charge in [-0.1, -0.05) is 40.2 Å². The van der Waals surface area contributed by atoms with Crippen LogP contribution in [0.2, 0.25) is 0 Å².